The van der Waals surface area contributed by atoms with E-state index < -0.39 is 0 Å². The van der Waals surface area contributed by atoms with Crippen LogP contribution in [0.3, 0.4) is 0 Å². The molecule has 0 atom stereocenters. The van der Waals surface area contributed by atoms with Crippen molar-refractivity contribution in [1.82, 2.24) is 14.8 Å². The van der Waals surface area contributed by atoms with Gasteiger partial charge in [0.15, 0.2) is 0 Å². The standard InChI is InChI=1S/C21H28N4O/c1-3-23-10-12-25(13-11-23)21(26)19-14-20(16-22-15-19)24(4-2)17-18-8-6-5-7-9-18/h5-9,14-16H,3-4,10-13,17H2,1-2H3. The van der Waals surface area contributed by atoms with Crippen molar-refractivity contribution < 1.29 is 4.79 Å². The number of hydrogen-bond acceptors (Lipinski definition) is 4. The van der Waals surface area contributed by atoms with E-state index in [1.54, 1.807) is 6.20 Å². The van der Waals surface area contributed by atoms with Gasteiger partial charge in [-0.15, -0.1) is 0 Å². The van der Waals surface area contributed by atoms with Crippen LogP contribution in [0.5, 0.6) is 0 Å². The number of benzene rings is 1. The fourth-order valence-electron chi connectivity index (χ4n) is 3.36. The Morgan fingerprint density at radius 3 is 2.46 bits per heavy atom. The SMILES string of the molecule is CCN1CCN(C(=O)c2cncc(N(CC)Cc3ccccc3)c2)CC1. The second kappa shape index (κ2) is 8.81. The second-order valence-electron chi connectivity index (χ2n) is 6.66. The Morgan fingerprint density at radius 1 is 1.08 bits per heavy atom. The van der Waals surface area contributed by atoms with Gasteiger partial charge >= 0.3 is 0 Å². The summed E-state index contributed by atoms with van der Waals surface area (Å²) in [5, 5.41) is 0. The number of piperazine rings is 1. The van der Waals surface area contributed by atoms with Crippen LogP contribution >= 0.6 is 0 Å². The minimum absolute atomic E-state index is 0.0888. The van der Waals surface area contributed by atoms with Gasteiger partial charge in [-0.25, -0.2) is 0 Å². The molecule has 0 bridgehead atoms. The van der Waals surface area contributed by atoms with E-state index in [4.69, 9.17) is 0 Å². The number of nitrogens with zero attached hydrogens (tertiary/aromatic N) is 4. The molecule has 1 aromatic heterocycles. The molecule has 138 valence electrons. The summed E-state index contributed by atoms with van der Waals surface area (Å²) in [6.07, 6.45) is 3.53. The second-order valence-corrected chi connectivity index (χ2v) is 6.66. The van der Waals surface area contributed by atoms with Crippen molar-refractivity contribution in [2.45, 2.75) is 20.4 Å². The zero-order valence-electron chi connectivity index (χ0n) is 15.8. The van der Waals surface area contributed by atoms with E-state index in [1.807, 2.05) is 23.2 Å². The third-order valence-electron chi connectivity index (χ3n) is 5.04. The fraction of sp³-hybridized carbons (Fsp3) is 0.429. The molecule has 1 aliphatic rings. The Balaban J connectivity index is 1.71. The normalized spacial score (nSPS) is 15.1. The average Bonchev–Trinajstić information content (AvgIpc) is 2.72. The van der Waals surface area contributed by atoms with Crippen molar-refractivity contribution >= 4 is 11.6 Å². The third-order valence-corrected chi connectivity index (χ3v) is 5.04. The lowest BCUT2D eigenvalue weighted by atomic mass is 10.1. The molecular formula is C21H28N4O. The number of hydrogen-bond donors (Lipinski definition) is 0. The van der Waals surface area contributed by atoms with E-state index in [1.165, 1.54) is 5.56 Å². The molecule has 1 fully saturated rings. The Bertz CT molecular complexity index is 711. The molecule has 0 unspecified atom stereocenters. The van der Waals surface area contributed by atoms with Gasteiger partial charge in [-0.1, -0.05) is 37.3 Å². The van der Waals surface area contributed by atoms with Gasteiger partial charge in [0.25, 0.3) is 5.91 Å². The highest BCUT2D eigenvalue weighted by Crippen LogP contribution is 2.19. The number of rotatable bonds is 6. The molecule has 3 rings (SSSR count). The van der Waals surface area contributed by atoms with Crippen molar-refractivity contribution in [3.8, 4) is 0 Å². The van der Waals surface area contributed by atoms with Crippen molar-refractivity contribution in [3.05, 3.63) is 59.9 Å². The average molecular weight is 352 g/mol. The zero-order valence-corrected chi connectivity index (χ0v) is 15.8. The summed E-state index contributed by atoms with van der Waals surface area (Å²) in [6.45, 7) is 10.5. The van der Waals surface area contributed by atoms with Crippen LogP contribution < -0.4 is 4.90 Å². The van der Waals surface area contributed by atoms with Crippen molar-refractivity contribution in [1.29, 1.82) is 0 Å². The molecule has 2 aromatic rings. The van der Waals surface area contributed by atoms with Crippen molar-refractivity contribution in [3.63, 3.8) is 0 Å². The number of likely N-dealkylation sites (N-methyl/N-ethyl adjacent to an activating group) is 1. The first-order valence-electron chi connectivity index (χ1n) is 9.46. The number of pyridine rings is 1. The molecule has 1 amide bonds. The van der Waals surface area contributed by atoms with Gasteiger partial charge in [0.1, 0.15) is 0 Å². The Morgan fingerprint density at radius 2 is 1.81 bits per heavy atom. The number of amides is 1. The maximum atomic E-state index is 12.9. The topological polar surface area (TPSA) is 39.7 Å². The van der Waals surface area contributed by atoms with Crippen molar-refractivity contribution in [2.24, 2.45) is 0 Å². The van der Waals surface area contributed by atoms with Gasteiger partial charge in [0, 0.05) is 45.5 Å². The predicted octanol–water partition coefficient (Wildman–Crippen LogP) is 2.89. The molecule has 1 aromatic carbocycles. The molecule has 0 spiro atoms. The Labute approximate surface area is 156 Å². The van der Waals surface area contributed by atoms with Crippen molar-refractivity contribution in [2.75, 3.05) is 44.2 Å². The first kappa shape index (κ1) is 18.4. The molecular weight excluding hydrogens is 324 g/mol. The van der Waals surface area contributed by atoms with Gasteiger partial charge in [-0.3, -0.25) is 9.78 Å². The van der Waals surface area contributed by atoms with Crippen LogP contribution in [0.1, 0.15) is 29.8 Å². The summed E-state index contributed by atoms with van der Waals surface area (Å²) in [7, 11) is 0. The number of carbonyl (C=O) groups is 1. The van der Waals surface area contributed by atoms with Crippen LogP contribution in [0.15, 0.2) is 48.8 Å². The van der Waals surface area contributed by atoms with Crippen LogP contribution in [0, 0.1) is 0 Å². The molecule has 0 aliphatic carbocycles. The lowest BCUT2D eigenvalue weighted by Gasteiger charge is -2.34. The first-order chi connectivity index (χ1) is 12.7. The number of carbonyl (C=O) groups excluding carboxylic acids is 1. The van der Waals surface area contributed by atoms with Crippen LogP contribution in [-0.4, -0.2) is 60.0 Å². The first-order valence-corrected chi connectivity index (χ1v) is 9.46. The summed E-state index contributed by atoms with van der Waals surface area (Å²) in [6, 6.07) is 12.4. The Hall–Kier alpha value is -2.40. The third kappa shape index (κ3) is 4.41. The smallest absolute Gasteiger partial charge is 0.255 e. The highest BCUT2D eigenvalue weighted by molar-refractivity contribution is 5.94. The summed E-state index contributed by atoms with van der Waals surface area (Å²) >= 11 is 0. The number of anilines is 1. The molecule has 0 radical (unpaired) electrons. The molecule has 1 saturated heterocycles. The van der Waals surface area contributed by atoms with E-state index in [2.05, 4.69) is 52.9 Å². The van der Waals surface area contributed by atoms with Gasteiger partial charge in [-0.2, -0.15) is 0 Å². The maximum Gasteiger partial charge on any atom is 0.255 e. The predicted molar refractivity (Wildman–Crippen MR) is 105 cm³/mol. The van der Waals surface area contributed by atoms with E-state index in [-0.39, 0.29) is 5.91 Å². The summed E-state index contributed by atoms with van der Waals surface area (Å²) < 4.78 is 0. The van der Waals surface area contributed by atoms with E-state index >= 15 is 0 Å². The molecule has 2 heterocycles. The maximum absolute atomic E-state index is 12.9. The van der Waals surface area contributed by atoms with Gasteiger partial charge in [-0.05, 0) is 25.1 Å². The quantitative estimate of drug-likeness (QED) is 0.801. The highest BCUT2D eigenvalue weighted by Gasteiger charge is 2.22. The monoisotopic (exact) mass is 352 g/mol. The van der Waals surface area contributed by atoms with Gasteiger partial charge < -0.3 is 14.7 Å². The minimum atomic E-state index is 0.0888. The van der Waals surface area contributed by atoms with E-state index in [0.29, 0.717) is 5.56 Å². The van der Waals surface area contributed by atoms with Crippen LogP contribution in [-0.2, 0) is 6.54 Å². The molecule has 1 aliphatic heterocycles. The zero-order chi connectivity index (χ0) is 18.4. The summed E-state index contributed by atoms with van der Waals surface area (Å²) in [4.78, 5) is 23.8. The summed E-state index contributed by atoms with van der Waals surface area (Å²) in [5.74, 6) is 0.0888. The lowest BCUT2D eigenvalue weighted by Crippen LogP contribution is -2.48. The van der Waals surface area contributed by atoms with Crippen LogP contribution in [0.25, 0.3) is 0 Å². The van der Waals surface area contributed by atoms with Gasteiger partial charge in [0.2, 0.25) is 0 Å². The van der Waals surface area contributed by atoms with Crippen LogP contribution in [0.2, 0.25) is 0 Å². The largest absolute Gasteiger partial charge is 0.366 e. The molecule has 5 heteroatoms. The van der Waals surface area contributed by atoms with Crippen LogP contribution in [0.4, 0.5) is 5.69 Å². The Kier molecular flexibility index (Phi) is 6.23. The lowest BCUT2D eigenvalue weighted by molar-refractivity contribution is 0.0643. The molecule has 0 N–H and O–H groups in total. The highest BCUT2D eigenvalue weighted by atomic mass is 16.2. The molecule has 5 nitrogen and oxygen atoms in total. The molecule has 0 saturated carbocycles. The number of aromatic nitrogens is 1. The summed E-state index contributed by atoms with van der Waals surface area (Å²) in [5.41, 5.74) is 2.93. The van der Waals surface area contributed by atoms with E-state index in [9.17, 15) is 4.79 Å². The van der Waals surface area contributed by atoms with E-state index in [0.717, 1.165) is 51.5 Å². The van der Waals surface area contributed by atoms with Gasteiger partial charge in [0.05, 0.1) is 17.4 Å². The molecule has 26 heavy (non-hydrogen) atoms. The fourth-order valence-corrected chi connectivity index (χ4v) is 3.36. The minimum Gasteiger partial charge on any atom is -0.366 e.